The maximum atomic E-state index is 11.6. The van der Waals surface area contributed by atoms with Crippen molar-refractivity contribution in [2.24, 2.45) is 5.92 Å². The van der Waals surface area contributed by atoms with Crippen molar-refractivity contribution in [1.82, 2.24) is 0 Å². The van der Waals surface area contributed by atoms with Gasteiger partial charge in [-0.1, -0.05) is 12.2 Å². The average Bonchev–Trinajstić information content (AvgIpc) is 2.62. The van der Waals surface area contributed by atoms with Crippen LogP contribution in [0.3, 0.4) is 0 Å². The van der Waals surface area contributed by atoms with E-state index in [1.807, 2.05) is 0 Å². The summed E-state index contributed by atoms with van der Waals surface area (Å²) in [6, 6.07) is 3.51. The quantitative estimate of drug-likeness (QED) is 0.530. The molecule has 0 heterocycles. The summed E-state index contributed by atoms with van der Waals surface area (Å²) in [5, 5.41) is 0. The molecule has 0 aliphatic carbocycles. The third-order valence-corrected chi connectivity index (χ3v) is 3.34. The van der Waals surface area contributed by atoms with E-state index in [1.54, 1.807) is 24.3 Å². The van der Waals surface area contributed by atoms with Gasteiger partial charge >= 0.3 is 11.9 Å². The van der Waals surface area contributed by atoms with E-state index >= 15 is 0 Å². The van der Waals surface area contributed by atoms with Gasteiger partial charge in [0.25, 0.3) is 0 Å². The molecule has 0 bridgehead atoms. The van der Waals surface area contributed by atoms with Crippen LogP contribution in [0.2, 0.25) is 0 Å². The SMILES string of the molecule is COC(=O)C(C/C=C/c1cc(OC)c(OC)c(OC)c1)C(=O)OC. The Morgan fingerprint density at radius 2 is 1.42 bits per heavy atom. The minimum Gasteiger partial charge on any atom is -0.493 e. The Morgan fingerprint density at radius 1 is 0.917 bits per heavy atom. The number of allylic oxidation sites excluding steroid dienone is 1. The van der Waals surface area contributed by atoms with Gasteiger partial charge in [-0.2, -0.15) is 0 Å². The molecule has 1 aromatic rings. The fraction of sp³-hybridized carbons (Fsp3) is 0.412. The summed E-state index contributed by atoms with van der Waals surface area (Å²) < 4.78 is 25.0. The van der Waals surface area contributed by atoms with Gasteiger partial charge < -0.3 is 23.7 Å². The van der Waals surface area contributed by atoms with Gasteiger partial charge in [-0.3, -0.25) is 9.59 Å². The van der Waals surface area contributed by atoms with Crippen LogP contribution in [0.5, 0.6) is 17.2 Å². The molecule has 0 aromatic heterocycles. The second kappa shape index (κ2) is 9.44. The summed E-state index contributed by atoms with van der Waals surface area (Å²) in [6.45, 7) is 0. The van der Waals surface area contributed by atoms with Crippen LogP contribution in [0.15, 0.2) is 18.2 Å². The molecule has 1 rings (SSSR count). The number of hydrogen-bond donors (Lipinski definition) is 0. The van der Waals surface area contributed by atoms with Crippen LogP contribution in [-0.4, -0.2) is 47.5 Å². The topological polar surface area (TPSA) is 80.3 Å². The van der Waals surface area contributed by atoms with Crippen LogP contribution < -0.4 is 14.2 Å². The van der Waals surface area contributed by atoms with E-state index in [2.05, 4.69) is 9.47 Å². The van der Waals surface area contributed by atoms with Crippen molar-refractivity contribution in [2.45, 2.75) is 6.42 Å². The Labute approximate surface area is 141 Å². The maximum absolute atomic E-state index is 11.6. The molecule has 0 spiro atoms. The molecule has 7 nitrogen and oxygen atoms in total. The van der Waals surface area contributed by atoms with Crippen LogP contribution in [0.25, 0.3) is 6.08 Å². The van der Waals surface area contributed by atoms with Gasteiger partial charge in [-0.15, -0.1) is 0 Å². The van der Waals surface area contributed by atoms with Crippen LogP contribution in [0.1, 0.15) is 12.0 Å². The molecule has 1 aromatic carbocycles. The fourth-order valence-electron chi connectivity index (χ4n) is 2.11. The van der Waals surface area contributed by atoms with Crippen molar-refractivity contribution >= 4 is 18.0 Å². The normalized spacial score (nSPS) is 10.6. The van der Waals surface area contributed by atoms with Crippen molar-refractivity contribution < 1.29 is 33.3 Å². The maximum Gasteiger partial charge on any atom is 0.320 e. The molecule has 0 aliphatic rings. The zero-order valence-electron chi connectivity index (χ0n) is 14.5. The molecular formula is C17H22O7. The molecule has 0 atom stereocenters. The molecule has 0 saturated heterocycles. The highest BCUT2D eigenvalue weighted by molar-refractivity contribution is 5.95. The number of esters is 2. The van der Waals surface area contributed by atoms with E-state index in [-0.39, 0.29) is 6.42 Å². The summed E-state index contributed by atoms with van der Waals surface area (Å²) in [5.74, 6) is -0.784. The second-order valence-corrected chi connectivity index (χ2v) is 4.70. The summed E-state index contributed by atoms with van der Waals surface area (Å²) in [6.07, 6.45) is 3.57. The molecule has 7 heteroatoms. The fourth-order valence-corrected chi connectivity index (χ4v) is 2.11. The first-order valence-electron chi connectivity index (χ1n) is 7.14. The van der Waals surface area contributed by atoms with Gasteiger partial charge in [-0.25, -0.2) is 0 Å². The summed E-state index contributed by atoms with van der Waals surface area (Å²) in [7, 11) is 7.01. The van der Waals surface area contributed by atoms with Crippen molar-refractivity contribution in [3.63, 3.8) is 0 Å². The third kappa shape index (κ3) is 4.65. The van der Waals surface area contributed by atoms with E-state index in [4.69, 9.17) is 14.2 Å². The number of hydrogen-bond acceptors (Lipinski definition) is 7. The highest BCUT2D eigenvalue weighted by Gasteiger charge is 2.27. The lowest BCUT2D eigenvalue weighted by Gasteiger charge is -2.13. The van der Waals surface area contributed by atoms with Crippen LogP contribution >= 0.6 is 0 Å². The molecular weight excluding hydrogens is 316 g/mol. The van der Waals surface area contributed by atoms with Crippen molar-refractivity contribution in [3.05, 3.63) is 23.8 Å². The second-order valence-electron chi connectivity index (χ2n) is 4.70. The minimum atomic E-state index is -1.00. The molecule has 0 radical (unpaired) electrons. The van der Waals surface area contributed by atoms with Crippen molar-refractivity contribution in [1.29, 1.82) is 0 Å². The lowest BCUT2D eigenvalue weighted by Crippen LogP contribution is -2.25. The minimum absolute atomic E-state index is 0.149. The Balaban J connectivity index is 3.00. The van der Waals surface area contributed by atoms with Gasteiger partial charge in [0.1, 0.15) is 0 Å². The largest absolute Gasteiger partial charge is 0.493 e. The van der Waals surface area contributed by atoms with Gasteiger partial charge in [0.2, 0.25) is 5.75 Å². The number of benzene rings is 1. The number of methoxy groups -OCH3 is 5. The summed E-state index contributed by atoms with van der Waals surface area (Å²) >= 11 is 0. The predicted octanol–water partition coefficient (Wildman–Crippen LogP) is 2.08. The highest BCUT2D eigenvalue weighted by Crippen LogP contribution is 2.38. The number of carbonyl (C=O) groups is 2. The monoisotopic (exact) mass is 338 g/mol. The molecule has 0 aliphatic heterocycles. The van der Waals surface area contributed by atoms with Gasteiger partial charge in [0, 0.05) is 0 Å². The van der Waals surface area contributed by atoms with Crippen molar-refractivity contribution in [2.75, 3.05) is 35.5 Å². The molecule has 0 saturated carbocycles. The number of carbonyl (C=O) groups excluding carboxylic acids is 2. The average molecular weight is 338 g/mol. The lowest BCUT2D eigenvalue weighted by molar-refractivity contribution is -0.158. The Kier molecular flexibility index (Phi) is 7.61. The van der Waals surface area contributed by atoms with E-state index < -0.39 is 17.9 Å². The number of ether oxygens (including phenoxy) is 5. The van der Waals surface area contributed by atoms with E-state index in [1.165, 1.54) is 35.5 Å². The Bertz CT molecular complexity index is 566. The standard InChI is InChI=1S/C17H22O7/c1-20-13-9-11(10-14(21-2)15(13)22-3)7-6-8-12(16(18)23-4)17(19)24-5/h6-7,9-10,12H,8H2,1-5H3/b7-6+. The van der Waals surface area contributed by atoms with Crippen LogP contribution in [0, 0.1) is 5.92 Å². The molecule has 132 valence electrons. The lowest BCUT2D eigenvalue weighted by atomic mass is 10.0. The molecule has 0 fully saturated rings. The molecule has 0 amide bonds. The van der Waals surface area contributed by atoms with Gasteiger partial charge in [0.05, 0.1) is 35.5 Å². The molecule has 24 heavy (non-hydrogen) atoms. The first-order chi connectivity index (χ1) is 11.5. The zero-order chi connectivity index (χ0) is 18.1. The zero-order valence-corrected chi connectivity index (χ0v) is 14.5. The van der Waals surface area contributed by atoms with Crippen LogP contribution in [-0.2, 0) is 19.1 Å². The molecule has 0 unspecified atom stereocenters. The summed E-state index contributed by atoms with van der Waals surface area (Å²) in [5.41, 5.74) is 0.762. The molecule has 0 N–H and O–H groups in total. The predicted molar refractivity (Wildman–Crippen MR) is 87.3 cm³/mol. The van der Waals surface area contributed by atoms with Gasteiger partial charge in [-0.05, 0) is 24.1 Å². The number of rotatable bonds is 8. The smallest absolute Gasteiger partial charge is 0.320 e. The first kappa shape index (κ1) is 19.3. The first-order valence-corrected chi connectivity index (χ1v) is 7.14. The summed E-state index contributed by atoms with van der Waals surface area (Å²) in [4.78, 5) is 23.3. The van der Waals surface area contributed by atoms with E-state index in [0.717, 1.165) is 5.56 Å². The van der Waals surface area contributed by atoms with Crippen LogP contribution in [0.4, 0.5) is 0 Å². The highest BCUT2D eigenvalue weighted by atomic mass is 16.5. The Hall–Kier alpha value is -2.70. The Morgan fingerprint density at radius 3 is 1.79 bits per heavy atom. The van der Waals surface area contributed by atoms with E-state index in [0.29, 0.717) is 17.2 Å². The third-order valence-electron chi connectivity index (χ3n) is 3.34. The van der Waals surface area contributed by atoms with Crippen molar-refractivity contribution in [3.8, 4) is 17.2 Å². The van der Waals surface area contributed by atoms with E-state index in [9.17, 15) is 9.59 Å². The van der Waals surface area contributed by atoms with Gasteiger partial charge in [0.15, 0.2) is 17.4 Å².